The fraction of sp³-hybridized carbons (Fsp3) is 0.296. The lowest BCUT2D eigenvalue weighted by atomic mass is 9.87. The van der Waals surface area contributed by atoms with Crippen LogP contribution in [0, 0.1) is 6.92 Å². The number of fused-ring (bicyclic) bond motifs is 1. The maximum atomic E-state index is 13.4. The van der Waals surface area contributed by atoms with Gasteiger partial charge in [0.1, 0.15) is 5.57 Å². The first kappa shape index (κ1) is 22.9. The van der Waals surface area contributed by atoms with Gasteiger partial charge in [-0.1, -0.05) is 37.3 Å². The molecule has 4 rings (SSSR count). The van der Waals surface area contributed by atoms with E-state index in [1.165, 1.54) is 16.2 Å². The van der Waals surface area contributed by atoms with Gasteiger partial charge in [0.2, 0.25) is 0 Å². The van der Waals surface area contributed by atoms with Gasteiger partial charge < -0.3 is 4.90 Å². The number of hydrogen-bond donors (Lipinski definition) is 1. The van der Waals surface area contributed by atoms with Gasteiger partial charge in [0.25, 0.3) is 11.8 Å². The quantitative estimate of drug-likeness (QED) is 0.386. The van der Waals surface area contributed by atoms with Crippen LogP contribution in [0.3, 0.4) is 0 Å². The molecule has 0 saturated carbocycles. The Morgan fingerprint density at radius 3 is 2.48 bits per heavy atom. The minimum atomic E-state index is -0.478. The molecule has 1 fully saturated rings. The predicted octanol–water partition coefficient (Wildman–Crippen LogP) is 5.24. The van der Waals surface area contributed by atoms with Gasteiger partial charge >= 0.3 is 0 Å². The van der Waals surface area contributed by atoms with Crippen molar-refractivity contribution in [1.29, 1.82) is 0 Å². The van der Waals surface area contributed by atoms with Crippen LogP contribution in [0.2, 0.25) is 0 Å². The van der Waals surface area contributed by atoms with Crippen molar-refractivity contribution in [3.05, 3.63) is 70.8 Å². The van der Waals surface area contributed by atoms with E-state index in [-0.39, 0.29) is 16.2 Å². The Labute approximate surface area is 200 Å². The van der Waals surface area contributed by atoms with E-state index in [2.05, 4.69) is 56.1 Å². The lowest BCUT2D eigenvalue weighted by Gasteiger charge is -2.43. The summed E-state index contributed by atoms with van der Waals surface area (Å²) in [6.45, 7) is 11.6. The van der Waals surface area contributed by atoms with Crippen molar-refractivity contribution < 1.29 is 9.59 Å². The number of carbonyl (C=O) groups excluding carboxylic acids is 2. The number of benzene rings is 2. The molecule has 2 heterocycles. The van der Waals surface area contributed by atoms with Crippen LogP contribution in [-0.2, 0) is 9.59 Å². The Kier molecular flexibility index (Phi) is 5.97. The van der Waals surface area contributed by atoms with Crippen LogP contribution in [0.5, 0.6) is 0 Å². The summed E-state index contributed by atoms with van der Waals surface area (Å²) in [5.41, 5.74) is 5.83. The number of thiocarbonyl (C=S) groups is 1. The van der Waals surface area contributed by atoms with E-state index in [9.17, 15) is 9.59 Å². The highest BCUT2D eigenvalue weighted by Gasteiger charge is 2.35. The maximum absolute atomic E-state index is 13.4. The number of para-hydroxylation sites is 1. The van der Waals surface area contributed by atoms with Crippen molar-refractivity contribution in [1.82, 2.24) is 5.32 Å². The summed E-state index contributed by atoms with van der Waals surface area (Å²) >= 11 is 5.33. The molecule has 0 aromatic heterocycles. The minimum absolute atomic E-state index is 0.0648. The summed E-state index contributed by atoms with van der Waals surface area (Å²) in [6.07, 6.45) is 4.98. The molecule has 2 aliphatic heterocycles. The smallest absolute Gasteiger partial charge is 0.270 e. The topological polar surface area (TPSA) is 52.7 Å². The number of anilines is 2. The molecule has 0 atom stereocenters. The first-order valence-electron chi connectivity index (χ1n) is 11.2. The van der Waals surface area contributed by atoms with Crippen molar-refractivity contribution in [2.24, 2.45) is 0 Å². The van der Waals surface area contributed by atoms with Gasteiger partial charge in [-0.25, -0.2) is 0 Å². The fourth-order valence-corrected chi connectivity index (χ4v) is 4.95. The molecule has 0 aliphatic carbocycles. The van der Waals surface area contributed by atoms with Crippen LogP contribution in [-0.4, -0.2) is 29.0 Å². The number of rotatable bonds is 4. The van der Waals surface area contributed by atoms with E-state index in [0.29, 0.717) is 5.69 Å². The molecule has 2 aromatic carbocycles. The number of nitrogens with one attached hydrogen (secondary N) is 1. The molecule has 0 radical (unpaired) electrons. The number of carbonyl (C=O) groups is 2. The van der Waals surface area contributed by atoms with E-state index < -0.39 is 11.8 Å². The molecule has 33 heavy (non-hydrogen) atoms. The molecule has 1 N–H and O–H groups in total. The monoisotopic (exact) mass is 459 g/mol. The van der Waals surface area contributed by atoms with Gasteiger partial charge in [-0.15, -0.1) is 0 Å². The molecular formula is C27H29N3O2S. The van der Waals surface area contributed by atoms with E-state index in [0.717, 1.165) is 29.7 Å². The van der Waals surface area contributed by atoms with Gasteiger partial charge in [0, 0.05) is 17.8 Å². The normalized spacial score (nSPS) is 18.9. The molecule has 170 valence electrons. The third-order valence-electron chi connectivity index (χ3n) is 6.22. The second kappa shape index (κ2) is 8.60. The number of nitrogens with zero attached hydrogens (tertiary/aromatic N) is 2. The Bertz CT molecular complexity index is 1230. The molecule has 2 aliphatic rings. The van der Waals surface area contributed by atoms with Crippen LogP contribution in [0.25, 0.3) is 11.6 Å². The van der Waals surface area contributed by atoms with Gasteiger partial charge in [0.15, 0.2) is 5.11 Å². The zero-order chi connectivity index (χ0) is 23.9. The highest BCUT2D eigenvalue weighted by atomic mass is 32.1. The lowest BCUT2D eigenvalue weighted by Crippen LogP contribution is -2.54. The number of aryl methyl sites for hydroxylation is 1. The van der Waals surface area contributed by atoms with Gasteiger partial charge in [-0.3, -0.25) is 19.8 Å². The standard InChI is InChI=1S/C27H29N3O2S/c1-6-13-29-23-12-11-19(14-20(23)18(3)16-27(29,4)5)15-21-24(31)28-26(33)30(25(21)32)22-10-8-7-9-17(22)2/h7-12,14-16H,6,13H2,1-5H3,(H,28,31,33)/b21-15-. The maximum Gasteiger partial charge on any atom is 0.270 e. The van der Waals surface area contributed by atoms with Crippen molar-refractivity contribution in [2.75, 3.05) is 16.3 Å². The molecule has 0 unspecified atom stereocenters. The summed E-state index contributed by atoms with van der Waals surface area (Å²) in [5, 5.41) is 2.77. The molecule has 5 nitrogen and oxygen atoms in total. The summed E-state index contributed by atoms with van der Waals surface area (Å²) in [7, 11) is 0. The Hall–Kier alpha value is -3.25. The average Bonchev–Trinajstić information content (AvgIpc) is 2.75. The van der Waals surface area contributed by atoms with Crippen molar-refractivity contribution in [3.63, 3.8) is 0 Å². The highest BCUT2D eigenvalue weighted by molar-refractivity contribution is 7.80. The lowest BCUT2D eigenvalue weighted by molar-refractivity contribution is -0.122. The second-order valence-corrected chi connectivity index (χ2v) is 9.54. The first-order valence-corrected chi connectivity index (χ1v) is 11.6. The third kappa shape index (κ3) is 4.11. The predicted molar refractivity (Wildman–Crippen MR) is 139 cm³/mol. The number of hydrogen-bond acceptors (Lipinski definition) is 4. The number of amides is 2. The Morgan fingerprint density at radius 1 is 1.06 bits per heavy atom. The van der Waals surface area contributed by atoms with Crippen LogP contribution in [0.1, 0.15) is 50.8 Å². The minimum Gasteiger partial charge on any atom is -0.362 e. The van der Waals surface area contributed by atoms with Gasteiger partial charge in [-0.2, -0.15) is 0 Å². The van der Waals surface area contributed by atoms with Gasteiger partial charge in [0.05, 0.1) is 11.2 Å². The Balaban J connectivity index is 1.75. The summed E-state index contributed by atoms with van der Waals surface area (Å²) in [6, 6.07) is 13.6. The van der Waals surface area contributed by atoms with E-state index in [4.69, 9.17) is 12.2 Å². The third-order valence-corrected chi connectivity index (χ3v) is 6.50. The van der Waals surface area contributed by atoms with E-state index >= 15 is 0 Å². The molecule has 2 amide bonds. The first-order chi connectivity index (χ1) is 15.6. The highest BCUT2D eigenvalue weighted by Crippen LogP contribution is 2.39. The van der Waals surface area contributed by atoms with Crippen LogP contribution in [0.4, 0.5) is 11.4 Å². The van der Waals surface area contributed by atoms with Crippen LogP contribution < -0.4 is 15.1 Å². The van der Waals surface area contributed by atoms with E-state index in [1.807, 2.05) is 37.3 Å². The summed E-state index contributed by atoms with van der Waals surface area (Å²) in [4.78, 5) is 29.9. The molecule has 0 bridgehead atoms. The molecule has 0 spiro atoms. The van der Waals surface area contributed by atoms with Gasteiger partial charge in [-0.05, 0) is 87.3 Å². The molecule has 2 aromatic rings. The molecular weight excluding hydrogens is 430 g/mol. The van der Waals surface area contributed by atoms with Crippen LogP contribution >= 0.6 is 12.2 Å². The largest absolute Gasteiger partial charge is 0.362 e. The average molecular weight is 460 g/mol. The van der Waals surface area contributed by atoms with Crippen molar-refractivity contribution in [2.45, 2.75) is 46.6 Å². The van der Waals surface area contributed by atoms with Crippen molar-refractivity contribution >= 4 is 52.2 Å². The zero-order valence-corrected chi connectivity index (χ0v) is 20.5. The summed E-state index contributed by atoms with van der Waals surface area (Å²) < 4.78 is 0. The second-order valence-electron chi connectivity index (χ2n) is 9.15. The number of allylic oxidation sites excluding steroid dienone is 1. The van der Waals surface area contributed by atoms with Crippen molar-refractivity contribution in [3.8, 4) is 0 Å². The van der Waals surface area contributed by atoms with E-state index in [1.54, 1.807) is 6.08 Å². The Morgan fingerprint density at radius 2 is 1.79 bits per heavy atom. The summed E-state index contributed by atoms with van der Waals surface area (Å²) in [5.74, 6) is -0.898. The zero-order valence-electron chi connectivity index (χ0n) is 19.7. The van der Waals surface area contributed by atoms with Crippen LogP contribution in [0.15, 0.2) is 54.1 Å². The molecule has 1 saturated heterocycles. The fourth-order valence-electron chi connectivity index (χ4n) is 4.68. The molecule has 6 heteroatoms. The SMILES string of the molecule is CCCN1c2ccc(/C=C3/C(=O)NC(=S)N(c4ccccc4C)C3=O)cc2C(C)=CC1(C)C.